The smallest absolute Gasteiger partial charge is 0.289 e. The monoisotopic (exact) mass is 311 g/mol. The van der Waals surface area contributed by atoms with E-state index in [1.54, 1.807) is 29.3 Å². The maximum absolute atomic E-state index is 12.4. The van der Waals surface area contributed by atoms with E-state index in [1.165, 1.54) is 6.26 Å². The second-order valence-corrected chi connectivity index (χ2v) is 5.16. The molecule has 0 aromatic carbocycles. The SMILES string of the molecule is C=CCN(C[C@@H]1CC(c2ccccn2)=NO1)C(=O)c1ccco1. The van der Waals surface area contributed by atoms with Crippen LogP contribution >= 0.6 is 0 Å². The molecular formula is C17H17N3O3. The van der Waals surface area contributed by atoms with Gasteiger partial charge in [-0.05, 0) is 24.3 Å². The number of carbonyl (C=O) groups excluding carboxylic acids is 1. The molecule has 6 nitrogen and oxygen atoms in total. The van der Waals surface area contributed by atoms with Crippen LogP contribution in [0, 0.1) is 0 Å². The summed E-state index contributed by atoms with van der Waals surface area (Å²) in [5, 5.41) is 4.09. The lowest BCUT2D eigenvalue weighted by Gasteiger charge is -2.22. The van der Waals surface area contributed by atoms with E-state index >= 15 is 0 Å². The highest BCUT2D eigenvalue weighted by Crippen LogP contribution is 2.17. The van der Waals surface area contributed by atoms with Crippen LogP contribution < -0.4 is 0 Å². The predicted octanol–water partition coefficient (Wildman–Crippen LogP) is 2.50. The van der Waals surface area contributed by atoms with Gasteiger partial charge in [0.05, 0.1) is 18.5 Å². The van der Waals surface area contributed by atoms with E-state index in [-0.39, 0.29) is 12.0 Å². The first-order valence-electron chi connectivity index (χ1n) is 7.35. The zero-order valence-corrected chi connectivity index (χ0v) is 12.6. The molecule has 0 fully saturated rings. The van der Waals surface area contributed by atoms with Crippen LogP contribution in [-0.4, -0.2) is 40.7 Å². The Morgan fingerprint density at radius 3 is 3.00 bits per heavy atom. The second-order valence-electron chi connectivity index (χ2n) is 5.16. The zero-order valence-electron chi connectivity index (χ0n) is 12.6. The molecule has 1 aliphatic rings. The van der Waals surface area contributed by atoms with Crippen LogP contribution in [0.2, 0.25) is 0 Å². The van der Waals surface area contributed by atoms with Crippen LogP contribution in [0.4, 0.5) is 0 Å². The van der Waals surface area contributed by atoms with E-state index in [4.69, 9.17) is 9.25 Å². The third-order valence-electron chi connectivity index (χ3n) is 3.49. The highest BCUT2D eigenvalue weighted by atomic mass is 16.6. The number of oxime groups is 1. The summed E-state index contributed by atoms with van der Waals surface area (Å²) in [5.41, 5.74) is 1.59. The average Bonchev–Trinajstić information content (AvgIpc) is 3.26. The topological polar surface area (TPSA) is 67.9 Å². The van der Waals surface area contributed by atoms with Gasteiger partial charge in [0.15, 0.2) is 11.9 Å². The number of hydrogen-bond acceptors (Lipinski definition) is 5. The minimum absolute atomic E-state index is 0.190. The number of amides is 1. The second kappa shape index (κ2) is 6.91. The van der Waals surface area contributed by atoms with E-state index in [0.29, 0.717) is 25.3 Å². The Kier molecular flexibility index (Phi) is 4.52. The van der Waals surface area contributed by atoms with Crippen LogP contribution in [0.3, 0.4) is 0 Å². The van der Waals surface area contributed by atoms with Gasteiger partial charge in [0, 0.05) is 19.2 Å². The summed E-state index contributed by atoms with van der Waals surface area (Å²) in [6.45, 7) is 4.52. The molecule has 0 N–H and O–H groups in total. The molecule has 3 heterocycles. The fourth-order valence-electron chi connectivity index (χ4n) is 2.41. The van der Waals surface area contributed by atoms with Crippen molar-refractivity contribution in [3.05, 3.63) is 66.9 Å². The molecule has 118 valence electrons. The van der Waals surface area contributed by atoms with Crippen LogP contribution in [-0.2, 0) is 4.84 Å². The number of nitrogens with zero attached hydrogens (tertiary/aromatic N) is 3. The summed E-state index contributed by atoms with van der Waals surface area (Å²) in [7, 11) is 0. The number of aromatic nitrogens is 1. The summed E-state index contributed by atoms with van der Waals surface area (Å²) < 4.78 is 5.17. The Hall–Kier alpha value is -2.89. The first-order valence-corrected chi connectivity index (χ1v) is 7.35. The summed E-state index contributed by atoms with van der Waals surface area (Å²) in [6, 6.07) is 8.98. The largest absolute Gasteiger partial charge is 0.459 e. The summed E-state index contributed by atoms with van der Waals surface area (Å²) in [5.74, 6) is 0.112. The van der Waals surface area contributed by atoms with Crippen LogP contribution in [0.1, 0.15) is 22.7 Å². The molecular weight excluding hydrogens is 294 g/mol. The Morgan fingerprint density at radius 2 is 2.30 bits per heavy atom. The molecule has 0 spiro atoms. The number of rotatable bonds is 6. The van der Waals surface area contributed by atoms with Gasteiger partial charge in [-0.2, -0.15) is 0 Å². The van der Waals surface area contributed by atoms with E-state index in [0.717, 1.165) is 11.4 Å². The van der Waals surface area contributed by atoms with Crippen molar-refractivity contribution in [1.82, 2.24) is 9.88 Å². The number of carbonyl (C=O) groups is 1. The van der Waals surface area contributed by atoms with Crippen LogP contribution in [0.15, 0.2) is 65.0 Å². The number of hydrogen-bond donors (Lipinski definition) is 0. The first kappa shape index (κ1) is 15.0. The molecule has 1 amide bonds. The van der Waals surface area contributed by atoms with Gasteiger partial charge in [0.2, 0.25) is 0 Å². The molecule has 23 heavy (non-hydrogen) atoms. The molecule has 2 aromatic rings. The van der Waals surface area contributed by atoms with Gasteiger partial charge in [0.1, 0.15) is 5.71 Å². The Bertz CT molecular complexity index is 695. The number of pyridine rings is 1. The molecule has 3 rings (SSSR count). The lowest BCUT2D eigenvalue weighted by molar-refractivity contribution is 0.0432. The van der Waals surface area contributed by atoms with Crippen LogP contribution in [0.5, 0.6) is 0 Å². The van der Waals surface area contributed by atoms with Crippen LogP contribution in [0.25, 0.3) is 0 Å². The Labute approximate surface area is 134 Å². The van der Waals surface area contributed by atoms with Gasteiger partial charge < -0.3 is 14.2 Å². The van der Waals surface area contributed by atoms with Crippen molar-refractivity contribution < 1.29 is 14.0 Å². The predicted molar refractivity (Wildman–Crippen MR) is 85.1 cm³/mol. The Balaban J connectivity index is 1.64. The number of furan rings is 1. The minimum atomic E-state index is -0.203. The normalized spacial score (nSPS) is 16.5. The van der Waals surface area contributed by atoms with E-state index in [1.807, 2.05) is 18.2 Å². The van der Waals surface area contributed by atoms with Gasteiger partial charge in [-0.25, -0.2) is 0 Å². The van der Waals surface area contributed by atoms with Crippen molar-refractivity contribution in [3.8, 4) is 0 Å². The lowest BCUT2D eigenvalue weighted by atomic mass is 10.1. The fraction of sp³-hybridized carbons (Fsp3) is 0.235. The minimum Gasteiger partial charge on any atom is -0.459 e. The van der Waals surface area contributed by atoms with Crippen molar-refractivity contribution in [2.45, 2.75) is 12.5 Å². The van der Waals surface area contributed by atoms with Crippen molar-refractivity contribution in [2.24, 2.45) is 5.16 Å². The van der Waals surface area contributed by atoms with E-state index in [9.17, 15) is 4.79 Å². The third kappa shape index (κ3) is 3.48. The van der Waals surface area contributed by atoms with Gasteiger partial charge in [-0.15, -0.1) is 6.58 Å². The summed E-state index contributed by atoms with van der Waals surface area (Å²) in [4.78, 5) is 23.8. The van der Waals surface area contributed by atoms with Gasteiger partial charge in [0.25, 0.3) is 5.91 Å². The molecule has 0 radical (unpaired) electrons. The molecule has 0 saturated heterocycles. The highest BCUT2D eigenvalue weighted by Gasteiger charge is 2.27. The maximum Gasteiger partial charge on any atom is 0.289 e. The zero-order chi connectivity index (χ0) is 16.1. The standard InChI is InChI=1S/C17H17N3O3/c1-2-9-20(17(21)16-7-5-10-22-16)12-13-11-15(19-23-13)14-6-3-4-8-18-14/h2-8,10,13H,1,9,11-12H2/t13-/m0/s1. The summed E-state index contributed by atoms with van der Waals surface area (Å²) >= 11 is 0. The van der Waals surface area contributed by atoms with Crippen molar-refractivity contribution in [2.75, 3.05) is 13.1 Å². The quantitative estimate of drug-likeness (QED) is 0.769. The van der Waals surface area contributed by atoms with Crippen molar-refractivity contribution in [3.63, 3.8) is 0 Å². The molecule has 2 aromatic heterocycles. The highest BCUT2D eigenvalue weighted by molar-refractivity contribution is 5.99. The average molecular weight is 311 g/mol. The van der Waals surface area contributed by atoms with Gasteiger partial charge >= 0.3 is 0 Å². The van der Waals surface area contributed by atoms with Gasteiger partial charge in [-0.1, -0.05) is 17.3 Å². The Morgan fingerprint density at radius 1 is 1.39 bits per heavy atom. The van der Waals surface area contributed by atoms with E-state index in [2.05, 4.69) is 16.7 Å². The van der Waals surface area contributed by atoms with Crippen molar-refractivity contribution >= 4 is 11.6 Å². The molecule has 0 saturated carbocycles. The molecule has 6 heteroatoms. The maximum atomic E-state index is 12.4. The molecule has 1 atom stereocenters. The molecule has 1 aliphatic heterocycles. The third-order valence-corrected chi connectivity index (χ3v) is 3.49. The fourth-order valence-corrected chi connectivity index (χ4v) is 2.41. The molecule has 0 bridgehead atoms. The molecule has 0 unspecified atom stereocenters. The summed E-state index contributed by atoms with van der Waals surface area (Å²) in [6.07, 6.45) is 5.28. The van der Waals surface area contributed by atoms with Crippen molar-refractivity contribution in [1.29, 1.82) is 0 Å². The lowest BCUT2D eigenvalue weighted by Crippen LogP contribution is -2.37. The van der Waals surface area contributed by atoms with Gasteiger partial charge in [-0.3, -0.25) is 9.78 Å². The van der Waals surface area contributed by atoms with E-state index < -0.39 is 0 Å². The first-order chi connectivity index (χ1) is 11.3. The molecule has 0 aliphatic carbocycles.